The number of aryl methyl sites for hydroxylation is 1. The normalized spacial score (nSPS) is 18.7. The first-order valence-corrected chi connectivity index (χ1v) is 6.83. The van der Waals surface area contributed by atoms with Crippen LogP contribution in [0.4, 0.5) is 0 Å². The molecule has 0 saturated heterocycles. The van der Waals surface area contributed by atoms with Crippen molar-refractivity contribution in [3.8, 4) is 5.75 Å². The van der Waals surface area contributed by atoms with Crippen molar-refractivity contribution in [2.75, 3.05) is 0 Å². The van der Waals surface area contributed by atoms with Crippen LogP contribution in [0.15, 0.2) is 26.4 Å². The zero-order chi connectivity index (χ0) is 14.2. The first kappa shape index (κ1) is 13.9. The number of hydrogen-bond donors (Lipinski definition) is 1. The first-order valence-electron chi connectivity index (χ1n) is 6.83. The van der Waals surface area contributed by atoms with E-state index in [1.54, 1.807) is 6.92 Å². The van der Waals surface area contributed by atoms with Gasteiger partial charge in [-0.3, -0.25) is 0 Å². The van der Waals surface area contributed by atoms with Crippen LogP contribution in [0.1, 0.15) is 51.4 Å². The van der Waals surface area contributed by atoms with E-state index in [4.69, 9.17) is 4.42 Å². The Morgan fingerprint density at radius 3 is 2.63 bits per heavy atom. The fourth-order valence-corrected chi connectivity index (χ4v) is 3.03. The standard InChI is InChI=1S/C16H22O3/c1-10-6-5-7-16(3,4)13(10)9-12-14(17)8-11(2)19-15(12)18/h8,17H,5-7,9H2,1-4H3. The van der Waals surface area contributed by atoms with Crippen LogP contribution in [0.2, 0.25) is 0 Å². The molecule has 0 aromatic carbocycles. The molecule has 0 saturated carbocycles. The summed E-state index contributed by atoms with van der Waals surface area (Å²) in [6.07, 6.45) is 3.89. The van der Waals surface area contributed by atoms with Gasteiger partial charge in [-0.25, -0.2) is 4.79 Å². The van der Waals surface area contributed by atoms with Gasteiger partial charge in [0.25, 0.3) is 0 Å². The molecule has 1 aliphatic rings. The van der Waals surface area contributed by atoms with Gasteiger partial charge in [-0.2, -0.15) is 0 Å². The summed E-state index contributed by atoms with van der Waals surface area (Å²) in [5.74, 6) is 0.496. The fraction of sp³-hybridized carbons (Fsp3) is 0.562. The molecule has 1 aromatic heterocycles. The molecule has 0 fully saturated rings. The molecule has 0 amide bonds. The SMILES string of the molecule is CC1=C(Cc2c(O)cc(C)oc2=O)C(C)(C)CCC1. The molecule has 0 radical (unpaired) electrons. The highest BCUT2D eigenvalue weighted by molar-refractivity contribution is 5.36. The highest BCUT2D eigenvalue weighted by Crippen LogP contribution is 2.42. The number of rotatable bonds is 2. The van der Waals surface area contributed by atoms with Gasteiger partial charge in [0.2, 0.25) is 0 Å². The maximum absolute atomic E-state index is 11.9. The molecule has 2 rings (SSSR count). The zero-order valence-corrected chi connectivity index (χ0v) is 12.2. The summed E-state index contributed by atoms with van der Waals surface area (Å²) in [4.78, 5) is 11.9. The van der Waals surface area contributed by atoms with E-state index in [0.717, 1.165) is 12.8 Å². The summed E-state index contributed by atoms with van der Waals surface area (Å²) in [6, 6.07) is 1.52. The molecule has 1 aromatic rings. The van der Waals surface area contributed by atoms with Crippen LogP contribution >= 0.6 is 0 Å². The van der Waals surface area contributed by atoms with Crippen molar-refractivity contribution in [1.29, 1.82) is 0 Å². The molecular weight excluding hydrogens is 240 g/mol. The third-order valence-electron chi connectivity index (χ3n) is 4.19. The molecule has 0 unspecified atom stereocenters. The maximum Gasteiger partial charge on any atom is 0.343 e. The number of allylic oxidation sites excluding steroid dienone is 2. The fourth-order valence-electron chi connectivity index (χ4n) is 3.03. The third kappa shape index (κ3) is 2.75. The Morgan fingerprint density at radius 1 is 1.37 bits per heavy atom. The molecule has 0 bridgehead atoms. The molecule has 19 heavy (non-hydrogen) atoms. The van der Waals surface area contributed by atoms with Crippen LogP contribution in [0.3, 0.4) is 0 Å². The van der Waals surface area contributed by atoms with Gasteiger partial charge in [0.1, 0.15) is 11.5 Å². The van der Waals surface area contributed by atoms with Gasteiger partial charge >= 0.3 is 5.63 Å². The summed E-state index contributed by atoms with van der Waals surface area (Å²) in [7, 11) is 0. The average Bonchev–Trinajstić information content (AvgIpc) is 2.25. The van der Waals surface area contributed by atoms with Gasteiger partial charge in [-0.05, 0) is 38.5 Å². The molecule has 0 aliphatic heterocycles. The van der Waals surface area contributed by atoms with Crippen LogP contribution in [0, 0.1) is 12.3 Å². The van der Waals surface area contributed by atoms with Crippen LogP contribution in [-0.2, 0) is 6.42 Å². The van der Waals surface area contributed by atoms with Crippen LogP contribution < -0.4 is 5.63 Å². The van der Waals surface area contributed by atoms with Crippen molar-refractivity contribution < 1.29 is 9.52 Å². The van der Waals surface area contributed by atoms with Crippen molar-refractivity contribution in [3.05, 3.63) is 39.0 Å². The van der Waals surface area contributed by atoms with Gasteiger partial charge < -0.3 is 9.52 Å². The third-order valence-corrected chi connectivity index (χ3v) is 4.19. The van der Waals surface area contributed by atoms with Gasteiger partial charge in [-0.1, -0.05) is 25.0 Å². The molecule has 0 atom stereocenters. The number of hydrogen-bond acceptors (Lipinski definition) is 3. The Morgan fingerprint density at radius 2 is 2.05 bits per heavy atom. The maximum atomic E-state index is 11.9. The molecule has 1 N–H and O–H groups in total. The smallest absolute Gasteiger partial charge is 0.343 e. The van der Waals surface area contributed by atoms with E-state index >= 15 is 0 Å². The monoisotopic (exact) mass is 262 g/mol. The summed E-state index contributed by atoms with van der Waals surface area (Å²) < 4.78 is 5.10. The average molecular weight is 262 g/mol. The van der Waals surface area contributed by atoms with Crippen molar-refractivity contribution in [2.45, 2.75) is 53.4 Å². The molecule has 104 valence electrons. The second-order valence-electron chi connectivity index (χ2n) is 6.18. The molecule has 1 heterocycles. The van der Waals surface area contributed by atoms with E-state index in [2.05, 4.69) is 20.8 Å². The minimum atomic E-state index is -0.417. The van der Waals surface area contributed by atoms with Gasteiger partial charge in [0.05, 0.1) is 5.56 Å². The van der Waals surface area contributed by atoms with E-state index in [0.29, 0.717) is 17.7 Å². The summed E-state index contributed by atoms with van der Waals surface area (Å²) in [5.41, 5.74) is 2.67. The van der Waals surface area contributed by atoms with Gasteiger partial charge in [0.15, 0.2) is 0 Å². The molecule has 3 heteroatoms. The topological polar surface area (TPSA) is 50.4 Å². The first-order chi connectivity index (χ1) is 8.81. The lowest BCUT2D eigenvalue weighted by Crippen LogP contribution is -2.23. The largest absolute Gasteiger partial charge is 0.507 e. The highest BCUT2D eigenvalue weighted by Gasteiger charge is 2.29. The lowest BCUT2D eigenvalue weighted by atomic mass is 9.71. The Bertz CT molecular complexity index is 576. The van der Waals surface area contributed by atoms with E-state index in [1.165, 1.54) is 23.6 Å². The molecule has 0 spiro atoms. The van der Waals surface area contributed by atoms with Crippen LogP contribution in [0.5, 0.6) is 5.75 Å². The summed E-state index contributed by atoms with van der Waals surface area (Å²) >= 11 is 0. The van der Waals surface area contributed by atoms with E-state index in [-0.39, 0.29) is 11.2 Å². The van der Waals surface area contributed by atoms with Crippen molar-refractivity contribution in [1.82, 2.24) is 0 Å². The lowest BCUT2D eigenvalue weighted by Gasteiger charge is -2.34. The lowest BCUT2D eigenvalue weighted by molar-refractivity contribution is 0.354. The van der Waals surface area contributed by atoms with Crippen LogP contribution in [-0.4, -0.2) is 5.11 Å². The highest BCUT2D eigenvalue weighted by atomic mass is 16.4. The molecular formula is C16H22O3. The minimum absolute atomic E-state index is 0.0513. The second-order valence-corrected chi connectivity index (χ2v) is 6.18. The number of aromatic hydroxyl groups is 1. The Kier molecular flexibility index (Phi) is 3.57. The Balaban J connectivity index is 2.44. The molecule has 1 aliphatic carbocycles. The Labute approximate surface area is 114 Å². The zero-order valence-electron chi connectivity index (χ0n) is 12.2. The van der Waals surface area contributed by atoms with Crippen LogP contribution in [0.25, 0.3) is 0 Å². The Hall–Kier alpha value is -1.51. The second kappa shape index (κ2) is 4.87. The van der Waals surface area contributed by atoms with E-state index < -0.39 is 5.63 Å². The predicted octanol–water partition coefficient (Wildman–Crippen LogP) is 3.72. The quantitative estimate of drug-likeness (QED) is 0.826. The van der Waals surface area contributed by atoms with Crippen molar-refractivity contribution in [3.63, 3.8) is 0 Å². The summed E-state index contributed by atoms with van der Waals surface area (Å²) in [6.45, 7) is 8.21. The molecule has 3 nitrogen and oxygen atoms in total. The van der Waals surface area contributed by atoms with Gasteiger partial charge in [-0.15, -0.1) is 0 Å². The minimum Gasteiger partial charge on any atom is -0.507 e. The van der Waals surface area contributed by atoms with E-state index in [1.807, 2.05) is 0 Å². The summed E-state index contributed by atoms with van der Waals surface area (Å²) in [5, 5.41) is 9.98. The van der Waals surface area contributed by atoms with E-state index in [9.17, 15) is 9.90 Å². The van der Waals surface area contributed by atoms with Crippen molar-refractivity contribution >= 4 is 0 Å². The predicted molar refractivity (Wildman–Crippen MR) is 75.4 cm³/mol. The van der Waals surface area contributed by atoms with Gasteiger partial charge in [0, 0.05) is 12.5 Å². The van der Waals surface area contributed by atoms with Crippen molar-refractivity contribution in [2.24, 2.45) is 5.41 Å².